The summed E-state index contributed by atoms with van der Waals surface area (Å²) in [5.41, 5.74) is 0.585. The van der Waals surface area contributed by atoms with Gasteiger partial charge in [-0.15, -0.1) is 0 Å². The summed E-state index contributed by atoms with van der Waals surface area (Å²) >= 11 is 0. The van der Waals surface area contributed by atoms with Crippen LogP contribution in [0.2, 0.25) is 0 Å². The molecule has 1 heterocycles. The maximum Gasteiger partial charge on any atom is 0.243 e. The van der Waals surface area contributed by atoms with Gasteiger partial charge in [0.1, 0.15) is 5.75 Å². The van der Waals surface area contributed by atoms with Gasteiger partial charge in [-0.1, -0.05) is 30.3 Å². The molecule has 5 nitrogen and oxygen atoms in total. The zero-order valence-electron chi connectivity index (χ0n) is 15.4. The maximum absolute atomic E-state index is 13.1. The Morgan fingerprint density at radius 2 is 1.73 bits per heavy atom. The molecule has 0 N–H and O–H groups in total. The van der Waals surface area contributed by atoms with E-state index in [0.29, 0.717) is 25.3 Å². The molecule has 0 unspecified atom stereocenters. The lowest BCUT2D eigenvalue weighted by atomic mass is 10.0. The van der Waals surface area contributed by atoms with Crippen LogP contribution < -0.4 is 4.74 Å². The molecule has 1 aliphatic rings. The first-order chi connectivity index (χ1) is 12.3. The number of ether oxygens (including phenoxy) is 2. The third-order valence-electron chi connectivity index (χ3n) is 4.75. The summed E-state index contributed by atoms with van der Waals surface area (Å²) in [4.78, 5) is 0.273. The Bertz CT molecular complexity index is 832. The fraction of sp³-hybridized carbons (Fsp3) is 0.400. The largest absolute Gasteiger partial charge is 0.497 e. The first kappa shape index (κ1) is 18.9. The molecule has 3 rings (SSSR count). The Morgan fingerprint density at radius 3 is 2.35 bits per heavy atom. The molecule has 0 aromatic heterocycles. The fourth-order valence-corrected chi connectivity index (χ4v) is 5.18. The van der Waals surface area contributed by atoms with E-state index in [-0.39, 0.29) is 11.0 Å². The molecular weight excluding hydrogens is 350 g/mol. The average molecular weight is 375 g/mol. The molecule has 1 saturated heterocycles. The van der Waals surface area contributed by atoms with Gasteiger partial charge in [0, 0.05) is 12.1 Å². The number of benzene rings is 2. The molecule has 0 bridgehead atoms. The molecule has 140 valence electrons. The van der Waals surface area contributed by atoms with Crippen LogP contribution in [0.3, 0.4) is 0 Å². The van der Waals surface area contributed by atoms with Crippen molar-refractivity contribution in [3.05, 3.63) is 60.2 Å². The van der Waals surface area contributed by atoms with E-state index in [4.69, 9.17) is 9.47 Å². The Labute approximate surface area is 155 Å². The summed E-state index contributed by atoms with van der Waals surface area (Å²) in [7, 11) is -2.03. The smallest absolute Gasteiger partial charge is 0.243 e. The van der Waals surface area contributed by atoms with E-state index in [9.17, 15) is 8.42 Å². The molecule has 0 aliphatic carbocycles. The van der Waals surface area contributed by atoms with Gasteiger partial charge in [0.15, 0.2) is 0 Å². The molecule has 2 aromatic rings. The Balaban J connectivity index is 1.74. The number of sulfonamides is 1. The lowest BCUT2D eigenvalue weighted by molar-refractivity contribution is 0.0490. The normalized spacial score (nSPS) is 20.2. The van der Waals surface area contributed by atoms with Crippen molar-refractivity contribution >= 4 is 10.0 Å². The number of nitrogens with zero attached hydrogens (tertiary/aromatic N) is 1. The predicted octanol–water partition coefficient (Wildman–Crippen LogP) is 3.45. The van der Waals surface area contributed by atoms with Gasteiger partial charge < -0.3 is 9.47 Å². The van der Waals surface area contributed by atoms with Crippen molar-refractivity contribution in [2.75, 3.05) is 13.7 Å². The SMILES string of the molecule is COc1ccc(S(=O)(=O)N2C[C@@H](OCc3ccccc3)CC2(C)C)cc1. The molecule has 1 atom stereocenters. The number of hydrogen-bond acceptors (Lipinski definition) is 4. The molecule has 6 heteroatoms. The quantitative estimate of drug-likeness (QED) is 0.776. The first-order valence-electron chi connectivity index (χ1n) is 8.65. The van der Waals surface area contributed by atoms with Crippen LogP contribution in [0.25, 0.3) is 0 Å². The van der Waals surface area contributed by atoms with Crippen LogP contribution in [-0.4, -0.2) is 38.0 Å². The second-order valence-electron chi connectivity index (χ2n) is 7.15. The molecule has 0 spiro atoms. The maximum atomic E-state index is 13.1. The number of methoxy groups -OCH3 is 1. The van der Waals surface area contributed by atoms with E-state index in [1.807, 2.05) is 44.2 Å². The summed E-state index contributed by atoms with van der Waals surface area (Å²) in [6.07, 6.45) is 0.535. The number of hydrogen-bond donors (Lipinski definition) is 0. The van der Waals surface area contributed by atoms with Crippen molar-refractivity contribution in [1.82, 2.24) is 4.31 Å². The van der Waals surface area contributed by atoms with Crippen LogP contribution in [0.5, 0.6) is 5.75 Å². The topological polar surface area (TPSA) is 55.8 Å². The average Bonchev–Trinajstić information content (AvgIpc) is 2.96. The Kier molecular flexibility index (Phi) is 5.37. The number of rotatable bonds is 6. The lowest BCUT2D eigenvalue weighted by Crippen LogP contribution is -2.42. The minimum Gasteiger partial charge on any atom is -0.497 e. The van der Waals surface area contributed by atoms with Crippen molar-refractivity contribution in [2.45, 2.75) is 43.4 Å². The third-order valence-corrected chi connectivity index (χ3v) is 6.84. The van der Waals surface area contributed by atoms with Crippen molar-refractivity contribution in [2.24, 2.45) is 0 Å². The van der Waals surface area contributed by atoms with Crippen molar-refractivity contribution in [3.8, 4) is 5.75 Å². The monoisotopic (exact) mass is 375 g/mol. The minimum absolute atomic E-state index is 0.127. The molecule has 1 fully saturated rings. The minimum atomic E-state index is -3.59. The van der Waals surface area contributed by atoms with Crippen molar-refractivity contribution in [1.29, 1.82) is 0 Å². The molecular formula is C20H25NO4S. The highest BCUT2D eigenvalue weighted by Crippen LogP contribution is 2.36. The van der Waals surface area contributed by atoms with Gasteiger partial charge in [0.05, 0.1) is 24.7 Å². The van der Waals surface area contributed by atoms with Crippen LogP contribution in [-0.2, 0) is 21.4 Å². The van der Waals surface area contributed by atoms with Crippen molar-refractivity contribution < 1.29 is 17.9 Å². The molecule has 0 saturated carbocycles. The van der Waals surface area contributed by atoms with Crippen LogP contribution in [0.1, 0.15) is 25.8 Å². The highest BCUT2D eigenvalue weighted by atomic mass is 32.2. The highest BCUT2D eigenvalue weighted by Gasteiger charge is 2.46. The summed E-state index contributed by atoms with van der Waals surface area (Å²) in [5.74, 6) is 0.633. The van der Waals surface area contributed by atoms with Gasteiger partial charge >= 0.3 is 0 Å². The fourth-order valence-electron chi connectivity index (χ4n) is 3.35. The van der Waals surface area contributed by atoms with E-state index < -0.39 is 15.6 Å². The zero-order chi connectivity index (χ0) is 18.8. The summed E-state index contributed by atoms with van der Waals surface area (Å²) in [6.45, 7) is 4.73. The van der Waals surface area contributed by atoms with Gasteiger partial charge in [-0.25, -0.2) is 8.42 Å². The van der Waals surface area contributed by atoms with E-state index in [2.05, 4.69) is 0 Å². The van der Waals surface area contributed by atoms with Gasteiger partial charge in [0.2, 0.25) is 10.0 Å². The van der Waals surface area contributed by atoms with Gasteiger partial charge in [-0.05, 0) is 50.1 Å². The van der Waals surface area contributed by atoms with Crippen LogP contribution >= 0.6 is 0 Å². The van der Waals surface area contributed by atoms with Crippen LogP contribution in [0.4, 0.5) is 0 Å². The van der Waals surface area contributed by atoms with Gasteiger partial charge in [0.25, 0.3) is 0 Å². The standard InChI is InChI=1S/C20H25NO4S/c1-20(2)13-18(25-15-16-7-5-4-6-8-16)14-21(20)26(22,23)19-11-9-17(24-3)10-12-19/h4-12,18H,13-15H2,1-3H3/t18-/m0/s1. The van der Waals surface area contributed by atoms with Crippen molar-refractivity contribution in [3.63, 3.8) is 0 Å². The first-order valence-corrected chi connectivity index (χ1v) is 10.1. The third kappa shape index (κ3) is 3.92. The van der Waals surface area contributed by atoms with Crippen LogP contribution in [0, 0.1) is 0 Å². The predicted molar refractivity (Wildman–Crippen MR) is 101 cm³/mol. The van der Waals surface area contributed by atoms with E-state index in [1.165, 1.54) is 0 Å². The summed E-state index contributed by atoms with van der Waals surface area (Å²) in [6, 6.07) is 16.4. The Hall–Kier alpha value is -1.89. The van der Waals surface area contributed by atoms with Crippen LogP contribution in [0.15, 0.2) is 59.5 Å². The molecule has 0 amide bonds. The zero-order valence-corrected chi connectivity index (χ0v) is 16.2. The second-order valence-corrected chi connectivity index (χ2v) is 9.01. The summed E-state index contributed by atoms with van der Waals surface area (Å²) in [5, 5.41) is 0. The van der Waals surface area contributed by atoms with Gasteiger partial charge in [-0.3, -0.25) is 0 Å². The molecule has 0 radical (unpaired) electrons. The molecule has 1 aliphatic heterocycles. The van der Waals surface area contributed by atoms with E-state index >= 15 is 0 Å². The van der Waals surface area contributed by atoms with Gasteiger partial charge in [-0.2, -0.15) is 4.31 Å². The van der Waals surface area contributed by atoms with E-state index in [0.717, 1.165) is 5.56 Å². The van der Waals surface area contributed by atoms with E-state index in [1.54, 1.807) is 35.7 Å². The summed E-state index contributed by atoms with van der Waals surface area (Å²) < 4.78 is 38.9. The second kappa shape index (κ2) is 7.39. The molecule has 2 aromatic carbocycles. The Morgan fingerprint density at radius 1 is 1.08 bits per heavy atom. The molecule has 26 heavy (non-hydrogen) atoms. The lowest BCUT2D eigenvalue weighted by Gasteiger charge is -2.30. The highest BCUT2D eigenvalue weighted by molar-refractivity contribution is 7.89.